The van der Waals surface area contributed by atoms with E-state index in [0.29, 0.717) is 10.8 Å². The van der Waals surface area contributed by atoms with Gasteiger partial charge >= 0.3 is 0 Å². The van der Waals surface area contributed by atoms with E-state index >= 15 is 0 Å². The molecule has 0 aliphatic carbocycles. The van der Waals surface area contributed by atoms with Gasteiger partial charge in [0.25, 0.3) is 0 Å². The largest absolute Gasteiger partial charge is 0.346 e. The lowest BCUT2D eigenvalue weighted by atomic mass is 10.2. The topological polar surface area (TPSA) is 41.6 Å². The average molecular weight is 230 g/mol. The lowest BCUT2D eigenvalue weighted by Crippen LogP contribution is -1.88. The van der Waals surface area contributed by atoms with Crippen LogP contribution >= 0.6 is 11.6 Å². The predicted molar refractivity (Wildman–Crippen MR) is 64.3 cm³/mol. The second-order valence-electron chi connectivity index (χ2n) is 3.48. The van der Waals surface area contributed by atoms with Crippen molar-refractivity contribution in [2.24, 2.45) is 0 Å². The summed E-state index contributed by atoms with van der Waals surface area (Å²) in [5.41, 5.74) is 1.81. The van der Waals surface area contributed by atoms with Gasteiger partial charge in [0.1, 0.15) is 5.65 Å². The Hall–Kier alpha value is -1.87. The summed E-state index contributed by atoms with van der Waals surface area (Å²) < 4.78 is 0. The van der Waals surface area contributed by atoms with Crippen molar-refractivity contribution in [3.8, 4) is 11.4 Å². The van der Waals surface area contributed by atoms with E-state index in [4.69, 9.17) is 11.6 Å². The van der Waals surface area contributed by atoms with E-state index in [2.05, 4.69) is 15.0 Å². The van der Waals surface area contributed by atoms with E-state index in [0.717, 1.165) is 16.6 Å². The first kappa shape index (κ1) is 9.36. The summed E-state index contributed by atoms with van der Waals surface area (Å²) in [7, 11) is 0. The molecule has 0 radical (unpaired) electrons. The molecule has 78 valence electrons. The zero-order valence-corrected chi connectivity index (χ0v) is 9.07. The molecule has 0 spiro atoms. The van der Waals surface area contributed by atoms with Crippen molar-refractivity contribution in [2.75, 3.05) is 0 Å². The SMILES string of the molecule is Clc1ccc(-c2ncc3cc[nH]c3n2)cc1. The Kier molecular flexibility index (Phi) is 2.11. The van der Waals surface area contributed by atoms with E-state index in [1.54, 1.807) is 0 Å². The minimum atomic E-state index is 0.701. The lowest BCUT2D eigenvalue weighted by Gasteiger charge is -1.99. The third-order valence-electron chi connectivity index (χ3n) is 2.40. The molecule has 2 aromatic heterocycles. The second kappa shape index (κ2) is 3.61. The fraction of sp³-hybridized carbons (Fsp3) is 0. The van der Waals surface area contributed by atoms with Crippen molar-refractivity contribution in [2.45, 2.75) is 0 Å². The Morgan fingerprint density at radius 2 is 1.88 bits per heavy atom. The lowest BCUT2D eigenvalue weighted by molar-refractivity contribution is 1.21. The van der Waals surface area contributed by atoms with E-state index in [-0.39, 0.29) is 0 Å². The number of nitrogens with one attached hydrogen (secondary N) is 1. The van der Waals surface area contributed by atoms with Crippen molar-refractivity contribution >= 4 is 22.6 Å². The summed E-state index contributed by atoms with van der Waals surface area (Å²) in [6, 6.07) is 9.43. The Labute approximate surface area is 97.1 Å². The fourth-order valence-electron chi connectivity index (χ4n) is 1.58. The molecule has 0 amide bonds. The molecule has 16 heavy (non-hydrogen) atoms. The van der Waals surface area contributed by atoms with Gasteiger partial charge in [-0.2, -0.15) is 0 Å². The van der Waals surface area contributed by atoms with Crippen LogP contribution in [-0.2, 0) is 0 Å². The van der Waals surface area contributed by atoms with Gasteiger partial charge in [-0.3, -0.25) is 0 Å². The molecule has 3 nitrogen and oxygen atoms in total. The highest BCUT2D eigenvalue weighted by Crippen LogP contribution is 2.19. The van der Waals surface area contributed by atoms with Crippen LogP contribution < -0.4 is 0 Å². The van der Waals surface area contributed by atoms with Crippen molar-refractivity contribution < 1.29 is 0 Å². The van der Waals surface area contributed by atoms with Crippen LogP contribution in [0.5, 0.6) is 0 Å². The molecule has 1 aromatic carbocycles. The maximum absolute atomic E-state index is 5.83. The average Bonchev–Trinajstić information content (AvgIpc) is 2.77. The highest BCUT2D eigenvalue weighted by atomic mass is 35.5. The molecule has 0 atom stereocenters. The van der Waals surface area contributed by atoms with Crippen LogP contribution in [0.4, 0.5) is 0 Å². The number of fused-ring (bicyclic) bond motifs is 1. The fourth-order valence-corrected chi connectivity index (χ4v) is 1.70. The minimum Gasteiger partial charge on any atom is -0.346 e. The summed E-state index contributed by atoms with van der Waals surface area (Å²) in [5, 5.41) is 1.72. The molecule has 0 bridgehead atoms. The van der Waals surface area contributed by atoms with E-state index < -0.39 is 0 Å². The summed E-state index contributed by atoms with van der Waals surface area (Å²) in [5.74, 6) is 0.701. The van der Waals surface area contributed by atoms with Crippen molar-refractivity contribution in [3.63, 3.8) is 0 Å². The first-order chi connectivity index (χ1) is 7.83. The molecule has 3 aromatic rings. The van der Waals surface area contributed by atoms with Crippen LogP contribution in [0.2, 0.25) is 5.02 Å². The molecular weight excluding hydrogens is 222 g/mol. The number of nitrogens with zero attached hydrogens (tertiary/aromatic N) is 2. The minimum absolute atomic E-state index is 0.701. The zero-order valence-electron chi connectivity index (χ0n) is 8.31. The van der Waals surface area contributed by atoms with E-state index in [1.807, 2.05) is 42.7 Å². The quantitative estimate of drug-likeness (QED) is 0.696. The standard InChI is InChI=1S/C12H8ClN3/c13-10-3-1-8(2-4-10)11-15-7-9-5-6-14-12(9)16-11/h1-7H,(H,14,15,16). The van der Waals surface area contributed by atoms with Gasteiger partial charge < -0.3 is 4.98 Å². The number of halogens is 1. The van der Waals surface area contributed by atoms with Gasteiger partial charge in [0.2, 0.25) is 0 Å². The number of benzene rings is 1. The first-order valence-electron chi connectivity index (χ1n) is 4.89. The number of hydrogen-bond donors (Lipinski definition) is 1. The Morgan fingerprint density at radius 3 is 2.69 bits per heavy atom. The second-order valence-corrected chi connectivity index (χ2v) is 3.92. The summed E-state index contributed by atoms with van der Waals surface area (Å²) in [6.07, 6.45) is 3.66. The van der Waals surface area contributed by atoms with Crippen molar-refractivity contribution in [1.29, 1.82) is 0 Å². The Bertz CT molecular complexity index is 628. The molecule has 1 N–H and O–H groups in total. The molecule has 0 saturated carbocycles. The third-order valence-corrected chi connectivity index (χ3v) is 2.65. The van der Waals surface area contributed by atoms with Crippen LogP contribution in [0.1, 0.15) is 0 Å². The van der Waals surface area contributed by atoms with Gasteiger partial charge in [0, 0.05) is 28.4 Å². The van der Waals surface area contributed by atoms with Gasteiger partial charge in [-0.25, -0.2) is 9.97 Å². The molecular formula is C12H8ClN3. The third kappa shape index (κ3) is 1.55. The Balaban J connectivity index is 2.14. The molecule has 3 rings (SSSR count). The van der Waals surface area contributed by atoms with Gasteiger partial charge in [-0.05, 0) is 30.3 Å². The van der Waals surface area contributed by atoms with Crippen molar-refractivity contribution in [1.82, 2.24) is 15.0 Å². The maximum Gasteiger partial charge on any atom is 0.161 e. The number of aromatic nitrogens is 3. The van der Waals surface area contributed by atoms with Crippen LogP contribution in [-0.4, -0.2) is 15.0 Å². The zero-order chi connectivity index (χ0) is 11.0. The van der Waals surface area contributed by atoms with Gasteiger partial charge in [0.15, 0.2) is 5.82 Å². The normalized spacial score (nSPS) is 10.8. The van der Waals surface area contributed by atoms with Crippen molar-refractivity contribution in [3.05, 3.63) is 47.7 Å². The highest BCUT2D eigenvalue weighted by molar-refractivity contribution is 6.30. The number of rotatable bonds is 1. The van der Waals surface area contributed by atoms with Crippen LogP contribution in [0.25, 0.3) is 22.4 Å². The molecule has 0 saturated heterocycles. The number of hydrogen-bond acceptors (Lipinski definition) is 2. The Morgan fingerprint density at radius 1 is 1.06 bits per heavy atom. The monoisotopic (exact) mass is 229 g/mol. The predicted octanol–water partition coefficient (Wildman–Crippen LogP) is 3.28. The van der Waals surface area contributed by atoms with Crippen LogP contribution in [0, 0.1) is 0 Å². The van der Waals surface area contributed by atoms with E-state index in [9.17, 15) is 0 Å². The molecule has 0 aliphatic heterocycles. The van der Waals surface area contributed by atoms with Crippen LogP contribution in [0.3, 0.4) is 0 Å². The van der Waals surface area contributed by atoms with Gasteiger partial charge in [-0.15, -0.1) is 0 Å². The van der Waals surface area contributed by atoms with Gasteiger partial charge in [-0.1, -0.05) is 11.6 Å². The summed E-state index contributed by atoms with van der Waals surface area (Å²) in [4.78, 5) is 11.8. The smallest absolute Gasteiger partial charge is 0.161 e. The molecule has 0 aliphatic rings. The molecule has 4 heteroatoms. The van der Waals surface area contributed by atoms with Gasteiger partial charge in [0.05, 0.1) is 0 Å². The highest BCUT2D eigenvalue weighted by Gasteiger charge is 2.03. The summed E-state index contributed by atoms with van der Waals surface area (Å²) in [6.45, 7) is 0. The maximum atomic E-state index is 5.83. The first-order valence-corrected chi connectivity index (χ1v) is 5.27. The van der Waals surface area contributed by atoms with Crippen LogP contribution in [0.15, 0.2) is 42.7 Å². The molecule has 0 fully saturated rings. The van der Waals surface area contributed by atoms with E-state index in [1.165, 1.54) is 0 Å². The molecule has 2 heterocycles. The number of H-pyrrole nitrogens is 1. The number of aromatic amines is 1. The molecule has 0 unspecified atom stereocenters. The summed E-state index contributed by atoms with van der Waals surface area (Å²) >= 11 is 5.83.